The lowest BCUT2D eigenvalue weighted by Gasteiger charge is -2.13. The van der Waals surface area contributed by atoms with Gasteiger partial charge in [-0.25, -0.2) is 13.2 Å². The summed E-state index contributed by atoms with van der Waals surface area (Å²) < 4.78 is 55.9. The number of aliphatic hydroxyl groups is 1. The van der Waals surface area contributed by atoms with Gasteiger partial charge in [0.2, 0.25) is 0 Å². The van der Waals surface area contributed by atoms with E-state index in [4.69, 9.17) is 9.47 Å². The number of halogens is 3. The zero-order valence-corrected chi connectivity index (χ0v) is 22.5. The number of hydrogen-bond donors (Lipinski definition) is 1. The van der Waals surface area contributed by atoms with Gasteiger partial charge in [0.15, 0.2) is 11.6 Å². The Bertz CT molecular complexity index is 1420. The molecule has 4 aromatic rings. The fourth-order valence-corrected chi connectivity index (χ4v) is 4.36. The normalized spacial score (nSPS) is 11.7. The molecule has 0 aliphatic carbocycles. The van der Waals surface area contributed by atoms with Gasteiger partial charge in [0.05, 0.1) is 12.7 Å². The molecule has 6 heteroatoms. The molecule has 4 aromatic carbocycles. The summed E-state index contributed by atoms with van der Waals surface area (Å²) in [7, 11) is 0. The van der Waals surface area contributed by atoms with E-state index in [1.54, 1.807) is 72.8 Å². The number of rotatable bonds is 13. The number of aliphatic hydroxyl groups excluding tert-OH is 1. The Balaban J connectivity index is 1.41. The minimum atomic E-state index is -0.949. The van der Waals surface area contributed by atoms with Crippen LogP contribution >= 0.6 is 0 Å². The van der Waals surface area contributed by atoms with Gasteiger partial charge < -0.3 is 14.6 Å². The van der Waals surface area contributed by atoms with Crippen LogP contribution in [0.5, 0.6) is 11.5 Å². The van der Waals surface area contributed by atoms with Gasteiger partial charge in [0, 0.05) is 22.8 Å². The molecule has 0 aliphatic rings. The van der Waals surface area contributed by atoms with E-state index in [1.165, 1.54) is 6.07 Å². The second kappa shape index (κ2) is 13.9. The largest absolute Gasteiger partial charge is 0.493 e. The van der Waals surface area contributed by atoms with Crippen molar-refractivity contribution in [1.82, 2.24) is 0 Å². The SMILES string of the molecule is C=CCCCOc1ccc(COc2ccc(-c3ccc(-c4ccc(C(O)CCC)cc4)c(F)c3F)cc2)c(F)c1. The standard InChI is InChI=1S/C34H33F3O3/c1-3-5-6-20-39-28-17-14-26(31(35)21-28)22-40-27-15-12-24(13-16-27)30-19-18-29(33(36)34(30)37)23-8-10-25(11-9-23)32(38)7-4-2/h3,8-19,21,32,38H,1,4-7,20,22H2,2H3. The molecular weight excluding hydrogens is 513 g/mol. The molecule has 0 amide bonds. The minimum absolute atomic E-state index is 0.00781. The quantitative estimate of drug-likeness (QED) is 0.134. The number of unbranched alkanes of at least 4 members (excludes halogenated alkanes) is 1. The third kappa shape index (κ3) is 7.13. The molecule has 0 bridgehead atoms. The molecule has 208 valence electrons. The Kier molecular flexibility index (Phi) is 10.0. The molecule has 0 fully saturated rings. The predicted molar refractivity (Wildman–Crippen MR) is 153 cm³/mol. The van der Waals surface area contributed by atoms with Crippen molar-refractivity contribution in [1.29, 1.82) is 0 Å². The molecule has 0 saturated carbocycles. The first-order chi connectivity index (χ1) is 19.4. The van der Waals surface area contributed by atoms with Crippen LogP contribution in [0.2, 0.25) is 0 Å². The van der Waals surface area contributed by atoms with E-state index in [9.17, 15) is 9.50 Å². The molecule has 0 radical (unpaired) electrons. The Hall–Kier alpha value is -4.03. The van der Waals surface area contributed by atoms with E-state index in [2.05, 4.69) is 6.58 Å². The Labute approximate surface area is 233 Å². The van der Waals surface area contributed by atoms with E-state index in [1.807, 2.05) is 13.0 Å². The van der Waals surface area contributed by atoms with E-state index < -0.39 is 23.6 Å². The van der Waals surface area contributed by atoms with E-state index in [0.29, 0.717) is 41.2 Å². The highest BCUT2D eigenvalue weighted by Gasteiger charge is 2.17. The lowest BCUT2D eigenvalue weighted by molar-refractivity contribution is 0.166. The van der Waals surface area contributed by atoms with E-state index in [0.717, 1.165) is 24.8 Å². The highest BCUT2D eigenvalue weighted by molar-refractivity contribution is 5.72. The average Bonchev–Trinajstić information content (AvgIpc) is 2.97. The van der Waals surface area contributed by atoms with Crippen LogP contribution in [0.15, 0.2) is 91.5 Å². The topological polar surface area (TPSA) is 38.7 Å². The fourth-order valence-electron chi connectivity index (χ4n) is 4.36. The van der Waals surface area contributed by atoms with Gasteiger partial charge in [-0.05, 0) is 60.2 Å². The van der Waals surface area contributed by atoms with Crippen molar-refractivity contribution in [3.63, 3.8) is 0 Å². The number of hydrogen-bond acceptors (Lipinski definition) is 3. The number of benzene rings is 4. The third-order valence-electron chi connectivity index (χ3n) is 6.66. The van der Waals surface area contributed by atoms with Crippen LogP contribution in [0.1, 0.15) is 49.8 Å². The van der Waals surface area contributed by atoms with Gasteiger partial charge >= 0.3 is 0 Å². The predicted octanol–water partition coefficient (Wildman–Crippen LogP) is 9.20. The number of allylic oxidation sites excluding steroid dienone is 1. The Morgan fingerprint density at radius 3 is 1.98 bits per heavy atom. The molecule has 1 unspecified atom stereocenters. The lowest BCUT2D eigenvalue weighted by atomic mass is 9.97. The zero-order chi connectivity index (χ0) is 28.5. The van der Waals surface area contributed by atoms with Crippen molar-refractivity contribution < 1.29 is 27.8 Å². The zero-order valence-electron chi connectivity index (χ0n) is 22.5. The van der Waals surface area contributed by atoms with Gasteiger partial charge in [0.1, 0.15) is 23.9 Å². The third-order valence-corrected chi connectivity index (χ3v) is 6.66. The summed E-state index contributed by atoms with van der Waals surface area (Å²) in [6.45, 7) is 6.14. The molecule has 0 saturated heterocycles. The van der Waals surface area contributed by atoms with Crippen LogP contribution in [0.3, 0.4) is 0 Å². The molecule has 40 heavy (non-hydrogen) atoms. The Morgan fingerprint density at radius 2 is 1.40 bits per heavy atom. The van der Waals surface area contributed by atoms with Crippen LogP contribution < -0.4 is 9.47 Å². The number of ether oxygens (including phenoxy) is 2. The van der Waals surface area contributed by atoms with Gasteiger partial charge in [0.25, 0.3) is 0 Å². The summed E-state index contributed by atoms with van der Waals surface area (Å²) in [5.41, 5.74) is 2.40. The van der Waals surface area contributed by atoms with Gasteiger partial charge in [-0.3, -0.25) is 0 Å². The maximum absolute atomic E-state index is 15.1. The van der Waals surface area contributed by atoms with Crippen LogP contribution in [-0.2, 0) is 6.61 Å². The van der Waals surface area contributed by atoms with Crippen molar-refractivity contribution in [2.45, 2.75) is 45.3 Å². The smallest absolute Gasteiger partial charge is 0.167 e. The molecule has 1 atom stereocenters. The summed E-state index contributed by atoms with van der Waals surface area (Å²) in [5.74, 6) is -1.39. The molecule has 0 aromatic heterocycles. The highest BCUT2D eigenvalue weighted by atomic mass is 19.2. The molecular formula is C34H33F3O3. The molecule has 4 rings (SSSR count). The summed E-state index contributed by atoms with van der Waals surface area (Å²) in [6.07, 6.45) is 4.36. The van der Waals surface area contributed by atoms with Crippen molar-refractivity contribution in [3.8, 4) is 33.8 Å². The summed E-state index contributed by atoms with van der Waals surface area (Å²) in [4.78, 5) is 0. The first kappa shape index (κ1) is 29.0. The monoisotopic (exact) mass is 546 g/mol. The highest BCUT2D eigenvalue weighted by Crippen LogP contribution is 2.33. The second-order valence-electron chi connectivity index (χ2n) is 9.56. The maximum Gasteiger partial charge on any atom is 0.167 e. The van der Waals surface area contributed by atoms with Crippen LogP contribution in [0.25, 0.3) is 22.3 Å². The van der Waals surface area contributed by atoms with Crippen LogP contribution in [0.4, 0.5) is 13.2 Å². The van der Waals surface area contributed by atoms with Gasteiger partial charge in [-0.2, -0.15) is 0 Å². The van der Waals surface area contributed by atoms with Crippen molar-refractivity contribution in [3.05, 3.63) is 120 Å². The summed E-state index contributed by atoms with van der Waals surface area (Å²) >= 11 is 0. The first-order valence-electron chi connectivity index (χ1n) is 13.4. The van der Waals surface area contributed by atoms with Crippen molar-refractivity contribution in [2.75, 3.05) is 6.61 Å². The minimum Gasteiger partial charge on any atom is -0.493 e. The summed E-state index contributed by atoms with van der Waals surface area (Å²) in [5, 5.41) is 10.1. The van der Waals surface area contributed by atoms with Crippen LogP contribution in [0, 0.1) is 17.5 Å². The van der Waals surface area contributed by atoms with E-state index >= 15 is 8.78 Å². The van der Waals surface area contributed by atoms with Crippen molar-refractivity contribution >= 4 is 0 Å². The Morgan fingerprint density at radius 1 is 0.800 bits per heavy atom. The van der Waals surface area contributed by atoms with Crippen molar-refractivity contribution in [2.24, 2.45) is 0 Å². The van der Waals surface area contributed by atoms with Crippen LogP contribution in [-0.4, -0.2) is 11.7 Å². The molecule has 1 N–H and O–H groups in total. The molecule has 0 spiro atoms. The first-order valence-corrected chi connectivity index (χ1v) is 13.4. The van der Waals surface area contributed by atoms with Gasteiger partial charge in [-0.1, -0.05) is 68.0 Å². The van der Waals surface area contributed by atoms with Gasteiger partial charge in [-0.15, -0.1) is 6.58 Å². The second-order valence-corrected chi connectivity index (χ2v) is 9.56. The fraction of sp³-hybridized carbons (Fsp3) is 0.235. The molecule has 0 aliphatic heterocycles. The average molecular weight is 547 g/mol. The summed E-state index contributed by atoms with van der Waals surface area (Å²) in [6, 6.07) is 21.1. The lowest BCUT2D eigenvalue weighted by Crippen LogP contribution is -2.01. The van der Waals surface area contributed by atoms with E-state index in [-0.39, 0.29) is 17.7 Å². The molecule has 3 nitrogen and oxygen atoms in total. The maximum atomic E-state index is 15.1. The molecule has 0 heterocycles.